The molecule has 1 aliphatic rings. The normalized spacial score (nSPS) is 21.4. The molecular weight excluding hydrogens is 360 g/mol. The minimum atomic E-state index is -0.860. The van der Waals surface area contributed by atoms with Gasteiger partial charge in [-0.1, -0.05) is 23.7 Å². The van der Waals surface area contributed by atoms with Gasteiger partial charge in [0.1, 0.15) is 11.6 Å². The summed E-state index contributed by atoms with van der Waals surface area (Å²) in [5, 5.41) is 22.8. The first-order chi connectivity index (χ1) is 12.1. The molecule has 0 unspecified atom stereocenters. The van der Waals surface area contributed by atoms with Crippen LogP contribution < -0.4 is 5.32 Å². The minimum absolute atomic E-state index is 0.0255. The van der Waals surface area contributed by atoms with Crippen molar-refractivity contribution >= 4 is 23.6 Å². The van der Waals surface area contributed by atoms with Gasteiger partial charge in [-0.05, 0) is 38.5 Å². The van der Waals surface area contributed by atoms with E-state index < -0.39 is 35.8 Å². The van der Waals surface area contributed by atoms with Crippen molar-refractivity contribution in [1.82, 2.24) is 10.2 Å². The number of nitrogens with one attached hydrogen (secondary N) is 1. The number of halogens is 1. The summed E-state index contributed by atoms with van der Waals surface area (Å²) in [5.41, 5.74) is -0.0182. The lowest BCUT2D eigenvalue weighted by atomic mass is 10.1. The number of hydrogen-bond acceptors (Lipinski definition) is 5. The predicted octanol–water partition coefficient (Wildman–Crippen LogP) is 1.86. The van der Waals surface area contributed by atoms with E-state index in [9.17, 15) is 19.8 Å². The quantitative estimate of drug-likeness (QED) is 0.735. The van der Waals surface area contributed by atoms with E-state index in [0.717, 1.165) is 0 Å². The molecule has 0 spiro atoms. The largest absolute Gasteiger partial charge is 0.444 e. The number of nitrogens with zero attached hydrogens (tertiary/aromatic N) is 1. The van der Waals surface area contributed by atoms with Crippen LogP contribution in [-0.2, 0) is 9.53 Å². The van der Waals surface area contributed by atoms with Crippen LogP contribution in [0.25, 0.3) is 0 Å². The second-order valence-corrected chi connectivity index (χ2v) is 7.77. The molecule has 0 saturated carbocycles. The van der Waals surface area contributed by atoms with Gasteiger partial charge in [-0.15, -0.1) is 0 Å². The van der Waals surface area contributed by atoms with Gasteiger partial charge in [-0.3, -0.25) is 9.69 Å². The molecule has 7 nitrogen and oxygen atoms in total. The Labute approximate surface area is 157 Å². The Balaban J connectivity index is 2.10. The molecule has 3 N–H and O–H groups in total. The maximum Gasteiger partial charge on any atom is 0.411 e. The molecule has 3 atom stereocenters. The van der Waals surface area contributed by atoms with Crippen molar-refractivity contribution in [2.75, 3.05) is 13.2 Å². The highest BCUT2D eigenvalue weighted by atomic mass is 35.5. The fraction of sp³-hybridized carbons (Fsp3) is 0.556. The fourth-order valence-corrected chi connectivity index (χ4v) is 2.91. The van der Waals surface area contributed by atoms with Crippen molar-refractivity contribution in [3.63, 3.8) is 0 Å². The molecule has 1 aromatic rings. The predicted molar refractivity (Wildman–Crippen MR) is 96.8 cm³/mol. The van der Waals surface area contributed by atoms with Crippen molar-refractivity contribution in [2.24, 2.45) is 0 Å². The minimum Gasteiger partial charge on any atom is -0.444 e. The highest BCUT2D eigenvalue weighted by Crippen LogP contribution is 2.23. The van der Waals surface area contributed by atoms with E-state index in [4.69, 9.17) is 16.3 Å². The number of rotatable bonds is 4. The van der Waals surface area contributed by atoms with Gasteiger partial charge in [0.15, 0.2) is 0 Å². The number of carbonyl (C=O) groups is 2. The lowest BCUT2D eigenvalue weighted by Gasteiger charge is -2.28. The number of aliphatic hydroxyl groups excluding tert-OH is 2. The molecule has 8 heteroatoms. The average Bonchev–Trinajstić information content (AvgIpc) is 2.94. The summed E-state index contributed by atoms with van der Waals surface area (Å²) in [7, 11) is 0. The monoisotopic (exact) mass is 384 g/mol. The Morgan fingerprint density at radius 2 is 1.96 bits per heavy atom. The zero-order valence-electron chi connectivity index (χ0n) is 15.1. The molecule has 1 saturated heterocycles. The third-order valence-electron chi connectivity index (χ3n) is 3.98. The highest BCUT2D eigenvalue weighted by Gasteiger charge is 2.41. The standard InChI is InChI=1S/C18H25ClN2O5/c1-18(2,3)26-17(25)21-9-13(23)8-15(21)16(24)20-14(10-22)11-4-6-12(19)7-5-11/h4-7,13-15,22-23H,8-10H2,1-3H3,(H,20,24)/t13-,14+,15+/m1/s1. The van der Waals surface area contributed by atoms with Gasteiger partial charge < -0.3 is 20.3 Å². The molecule has 0 bridgehead atoms. The van der Waals surface area contributed by atoms with Crippen molar-refractivity contribution in [1.29, 1.82) is 0 Å². The summed E-state index contributed by atoms with van der Waals surface area (Å²) in [6.07, 6.45) is -1.34. The van der Waals surface area contributed by atoms with Gasteiger partial charge in [-0.25, -0.2) is 4.79 Å². The van der Waals surface area contributed by atoms with Gasteiger partial charge >= 0.3 is 6.09 Å². The SMILES string of the molecule is CC(C)(C)OC(=O)N1C[C@H](O)C[C@H]1C(=O)N[C@@H](CO)c1ccc(Cl)cc1. The van der Waals surface area contributed by atoms with Crippen LogP contribution in [0, 0.1) is 0 Å². The first-order valence-electron chi connectivity index (χ1n) is 8.45. The number of likely N-dealkylation sites (tertiary alicyclic amines) is 1. The first kappa shape index (κ1) is 20.5. The molecule has 144 valence electrons. The molecule has 1 aromatic carbocycles. The Bertz CT molecular complexity index is 644. The van der Waals surface area contributed by atoms with Crippen LogP contribution in [0.2, 0.25) is 5.02 Å². The molecule has 2 rings (SSSR count). The van der Waals surface area contributed by atoms with Crippen molar-refractivity contribution < 1.29 is 24.5 Å². The average molecular weight is 385 g/mol. The second kappa shape index (κ2) is 8.24. The number of hydrogen-bond donors (Lipinski definition) is 3. The fourth-order valence-electron chi connectivity index (χ4n) is 2.78. The van der Waals surface area contributed by atoms with Crippen molar-refractivity contribution in [3.8, 4) is 0 Å². The molecule has 1 fully saturated rings. The van der Waals surface area contributed by atoms with Gasteiger partial charge in [0.05, 0.1) is 25.3 Å². The lowest BCUT2D eigenvalue weighted by molar-refractivity contribution is -0.126. The summed E-state index contributed by atoms with van der Waals surface area (Å²) in [6.45, 7) is 4.91. The zero-order valence-corrected chi connectivity index (χ0v) is 15.9. The van der Waals surface area contributed by atoms with Gasteiger partial charge in [0.2, 0.25) is 5.91 Å². The van der Waals surface area contributed by atoms with Crippen molar-refractivity contribution in [3.05, 3.63) is 34.9 Å². The van der Waals surface area contributed by atoms with Crippen LogP contribution in [0.3, 0.4) is 0 Å². The Morgan fingerprint density at radius 1 is 1.35 bits per heavy atom. The van der Waals surface area contributed by atoms with E-state index in [-0.39, 0.29) is 19.6 Å². The molecule has 2 amide bonds. The molecule has 0 radical (unpaired) electrons. The molecule has 0 aliphatic carbocycles. The first-order valence-corrected chi connectivity index (χ1v) is 8.83. The van der Waals surface area contributed by atoms with Gasteiger partial charge in [0.25, 0.3) is 0 Å². The smallest absolute Gasteiger partial charge is 0.411 e. The number of carbonyl (C=O) groups excluding carboxylic acids is 2. The van der Waals surface area contributed by atoms with E-state index in [0.29, 0.717) is 10.6 Å². The Hall–Kier alpha value is -1.83. The van der Waals surface area contributed by atoms with Crippen LogP contribution in [0.4, 0.5) is 4.79 Å². The summed E-state index contributed by atoms with van der Waals surface area (Å²) >= 11 is 5.86. The van der Waals surface area contributed by atoms with Crippen molar-refractivity contribution in [2.45, 2.75) is 51.0 Å². The summed E-state index contributed by atoms with van der Waals surface area (Å²) in [4.78, 5) is 26.2. The number of β-amino-alcohol motifs (C(OH)–C–C–N with tert-alkyl or cyclic N) is 1. The van der Waals surface area contributed by atoms with Gasteiger partial charge in [0, 0.05) is 11.4 Å². The maximum atomic E-state index is 12.7. The molecular formula is C18H25ClN2O5. The van der Waals surface area contributed by atoms with Crippen LogP contribution >= 0.6 is 11.6 Å². The van der Waals surface area contributed by atoms with Gasteiger partial charge in [-0.2, -0.15) is 0 Å². The second-order valence-electron chi connectivity index (χ2n) is 7.33. The molecule has 26 heavy (non-hydrogen) atoms. The zero-order chi connectivity index (χ0) is 19.5. The van der Waals surface area contributed by atoms with Crippen LogP contribution in [0.5, 0.6) is 0 Å². The lowest BCUT2D eigenvalue weighted by Crippen LogP contribution is -2.48. The van der Waals surface area contributed by atoms with Crippen LogP contribution in [0.15, 0.2) is 24.3 Å². The molecule has 1 aliphatic heterocycles. The summed E-state index contributed by atoms with van der Waals surface area (Å²) in [6, 6.07) is 5.24. The summed E-state index contributed by atoms with van der Waals surface area (Å²) in [5.74, 6) is -0.457. The van der Waals surface area contributed by atoms with E-state index in [1.807, 2.05) is 0 Å². The molecule has 0 aromatic heterocycles. The number of aliphatic hydroxyl groups is 2. The Kier molecular flexibility index (Phi) is 6.49. The number of ether oxygens (including phenoxy) is 1. The topological polar surface area (TPSA) is 99.1 Å². The van der Waals surface area contributed by atoms with Crippen LogP contribution in [0.1, 0.15) is 38.8 Å². The maximum absolute atomic E-state index is 12.7. The number of benzene rings is 1. The Morgan fingerprint density at radius 3 is 2.50 bits per heavy atom. The third-order valence-corrected chi connectivity index (χ3v) is 4.23. The van der Waals surface area contributed by atoms with E-state index >= 15 is 0 Å². The van der Waals surface area contributed by atoms with Crippen LogP contribution in [-0.4, -0.2) is 58.0 Å². The highest BCUT2D eigenvalue weighted by molar-refractivity contribution is 6.30. The van der Waals surface area contributed by atoms with E-state index in [2.05, 4.69) is 5.32 Å². The van der Waals surface area contributed by atoms with E-state index in [1.54, 1.807) is 45.0 Å². The summed E-state index contributed by atoms with van der Waals surface area (Å²) < 4.78 is 5.31. The third kappa shape index (κ3) is 5.33. The molecule has 1 heterocycles. The van der Waals surface area contributed by atoms with E-state index in [1.165, 1.54) is 4.90 Å². The number of amides is 2.